The van der Waals surface area contributed by atoms with Crippen LogP contribution in [0.3, 0.4) is 0 Å². The summed E-state index contributed by atoms with van der Waals surface area (Å²) in [4.78, 5) is 75.0. The Hall–Kier alpha value is -13.4. The van der Waals surface area contributed by atoms with E-state index < -0.39 is 89.3 Å². The third-order valence-electron chi connectivity index (χ3n) is 18.9. The van der Waals surface area contributed by atoms with Gasteiger partial charge in [-0.3, -0.25) is 28.1 Å². The minimum absolute atomic E-state index is 0.236. The maximum atomic E-state index is 13.8. The minimum atomic E-state index is -4.90. The van der Waals surface area contributed by atoms with Gasteiger partial charge in [0.15, 0.2) is 17.8 Å². The molecule has 0 bridgehead atoms. The molecule has 12 aromatic rings. The van der Waals surface area contributed by atoms with E-state index in [9.17, 15) is 78.5 Å². The zero-order valence-electron chi connectivity index (χ0n) is 62.8. The number of aliphatic carboxylic acids is 3. The summed E-state index contributed by atoms with van der Waals surface area (Å²) >= 11 is 0. The van der Waals surface area contributed by atoms with Gasteiger partial charge in [0.1, 0.15) is 51.7 Å². The van der Waals surface area contributed by atoms with Gasteiger partial charge in [-0.25, -0.2) is 14.4 Å². The van der Waals surface area contributed by atoms with Crippen LogP contribution in [0.25, 0.3) is 55.0 Å². The number of halogens is 9. The van der Waals surface area contributed by atoms with Crippen molar-refractivity contribution in [3.8, 4) is 74.0 Å². The molecule has 598 valence electrons. The summed E-state index contributed by atoms with van der Waals surface area (Å²) in [5.41, 5.74) is 5.09. The number of aromatic nitrogens is 3. The van der Waals surface area contributed by atoms with Gasteiger partial charge in [0.25, 0.3) is 17.7 Å². The Balaban J connectivity index is 0.000000170. The van der Waals surface area contributed by atoms with Crippen molar-refractivity contribution in [1.82, 2.24) is 13.7 Å². The summed E-state index contributed by atoms with van der Waals surface area (Å²) in [5.74, 6) is -3.31. The van der Waals surface area contributed by atoms with Crippen LogP contribution >= 0.6 is 0 Å². The molecule has 21 nitrogen and oxygen atoms in total. The highest BCUT2D eigenvalue weighted by atomic mass is 19.4. The molecule has 9 aromatic carbocycles. The Kier molecular flexibility index (Phi) is 23.5. The molecule has 1 fully saturated rings. The van der Waals surface area contributed by atoms with Crippen molar-refractivity contribution in [3.63, 3.8) is 0 Å². The predicted octanol–water partition coefficient (Wildman–Crippen LogP) is 19.0. The highest BCUT2D eigenvalue weighted by molar-refractivity contribution is 6.11. The first kappa shape index (κ1) is 82.5. The van der Waals surface area contributed by atoms with E-state index in [1.165, 1.54) is 105 Å². The van der Waals surface area contributed by atoms with Crippen molar-refractivity contribution in [2.45, 2.75) is 104 Å². The molecule has 3 heterocycles. The van der Waals surface area contributed by atoms with E-state index in [4.69, 9.17) is 33.5 Å². The Morgan fingerprint density at radius 2 is 0.696 bits per heavy atom. The van der Waals surface area contributed by atoms with E-state index in [2.05, 4.69) is 14.2 Å². The molecule has 3 aromatic heterocycles. The van der Waals surface area contributed by atoms with Gasteiger partial charge in [0, 0.05) is 66.5 Å². The summed E-state index contributed by atoms with van der Waals surface area (Å²) in [6.45, 7) is 10.7. The Morgan fingerprint density at radius 3 is 1.04 bits per heavy atom. The molecule has 0 radical (unpaired) electrons. The fraction of sp³-hybridized carbons (Fsp3) is 0.224. The lowest BCUT2D eigenvalue weighted by Gasteiger charge is -2.21. The van der Waals surface area contributed by atoms with Crippen molar-refractivity contribution < 1.29 is 126 Å². The number of carbonyl (C=O) groups is 6. The highest BCUT2D eigenvalue weighted by Gasteiger charge is 2.50. The second-order valence-corrected chi connectivity index (χ2v) is 26.9. The van der Waals surface area contributed by atoms with Crippen molar-refractivity contribution >= 4 is 68.3 Å². The Morgan fingerprint density at radius 1 is 0.383 bits per heavy atom. The van der Waals surface area contributed by atoms with Gasteiger partial charge in [0.2, 0.25) is 0 Å². The molecule has 1 aliphatic carbocycles. The molecule has 0 unspecified atom stereocenters. The summed E-state index contributed by atoms with van der Waals surface area (Å²) in [6.07, 6.45) is -15.5. The summed E-state index contributed by atoms with van der Waals surface area (Å²) < 4.78 is 166. The van der Waals surface area contributed by atoms with Crippen LogP contribution in [0.2, 0.25) is 0 Å². The maximum absolute atomic E-state index is 13.8. The largest absolute Gasteiger partial charge is 0.573 e. The van der Waals surface area contributed by atoms with E-state index >= 15 is 0 Å². The summed E-state index contributed by atoms with van der Waals surface area (Å²) in [5, 5.41) is 29.0. The molecular formula is C85H72F9N3O18. The third-order valence-corrected chi connectivity index (χ3v) is 18.9. The number of alkyl halides is 9. The Bertz CT molecular complexity index is 5700. The van der Waals surface area contributed by atoms with Gasteiger partial charge in [-0.15, -0.1) is 39.5 Å². The summed E-state index contributed by atoms with van der Waals surface area (Å²) in [6, 6.07) is 50.9. The van der Waals surface area contributed by atoms with Gasteiger partial charge in [0.05, 0.1) is 37.9 Å². The molecule has 1 saturated carbocycles. The number of rotatable bonds is 22. The fourth-order valence-electron chi connectivity index (χ4n) is 13.5. The van der Waals surface area contributed by atoms with Crippen LogP contribution in [-0.4, -0.2) is 123 Å². The minimum Gasteiger partial charge on any atom is -0.497 e. The maximum Gasteiger partial charge on any atom is 0.573 e. The lowest BCUT2D eigenvalue weighted by molar-refractivity contribution is -0.275. The van der Waals surface area contributed by atoms with Gasteiger partial charge in [-0.2, -0.15) is 0 Å². The summed E-state index contributed by atoms with van der Waals surface area (Å²) in [7, 11) is 4.52. The standard InChI is InChI=1S/C30H26F3NO6.C28H24F3NO6.C27H22F3NO6/c1-17-26(29(13-14-29)20-5-4-6-22(15-20)39-18(2)28(36)37)24-16-23(40-30(31,32)33)11-12-25(24)34(17)27(35)19-7-9-21(38-3)10-8-19;1-16-24(18-6-5-7-20(14-18)37-27(2,3)26(34)35)22-15-21(38-28(29,30)31)12-13-23(22)32(16)25(33)17-8-10-19(36-4)11-9-17;1-15-24(18-5-4-6-20(13-18)36-16(2)26(33)34)22-14-21(37-27(28,29)30)11-12-23(22)31(15)25(32)17-7-9-19(35-3)10-8-17/h4-12,15-16,18H,13-14H2,1-3H3,(H,36,37);5-15H,1-4H3,(H,34,35);4-14,16H,1-3H3,(H,33,34)/t18-;;16-/m0.0/s1. The highest BCUT2D eigenvalue weighted by Crippen LogP contribution is 2.58. The topological polar surface area (TPSA) is 261 Å². The van der Waals surface area contributed by atoms with Crippen molar-refractivity contribution in [2.75, 3.05) is 21.3 Å². The fourth-order valence-corrected chi connectivity index (χ4v) is 13.5. The van der Waals surface area contributed by atoms with Gasteiger partial charge in [-0.1, -0.05) is 36.4 Å². The van der Waals surface area contributed by atoms with E-state index in [0.717, 1.165) is 17.7 Å². The van der Waals surface area contributed by atoms with Crippen LogP contribution in [0, 0.1) is 20.8 Å². The van der Waals surface area contributed by atoms with Crippen LogP contribution in [0.15, 0.2) is 200 Å². The smallest absolute Gasteiger partial charge is 0.497 e. The first-order chi connectivity index (χ1) is 54.2. The van der Waals surface area contributed by atoms with Crippen molar-refractivity contribution in [3.05, 3.63) is 245 Å². The lowest BCUT2D eigenvalue weighted by atomic mass is 9.86. The molecule has 0 saturated heterocycles. The molecule has 0 spiro atoms. The number of methoxy groups -OCH3 is 3. The molecule has 1 aliphatic rings. The predicted molar refractivity (Wildman–Crippen MR) is 403 cm³/mol. The number of ether oxygens (including phenoxy) is 9. The quantitative estimate of drug-likeness (QED) is 0.0533. The lowest BCUT2D eigenvalue weighted by Crippen LogP contribution is -2.37. The SMILES string of the molecule is COc1ccc(C(=O)n2c(C)c(-c3cccc(OC(C)(C)C(=O)O)c3)c3cc(OC(F)(F)F)ccc32)cc1.COc1ccc(C(=O)n2c(C)c(-c3cccc(O[C@@H](C)C(=O)O)c3)c3cc(OC(F)(F)F)ccc32)cc1.COc1ccc(C(=O)n2c(C)c(C3(c4cccc(O[C@@H](C)C(=O)O)c4)CC3)c3cc(OC(F)(F)F)ccc32)cc1. The van der Waals surface area contributed by atoms with Gasteiger partial charge < -0.3 is 58.0 Å². The monoisotopic (exact) mass is 1590 g/mol. The number of benzene rings is 9. The number of hydrogen-bond donors (Lipinski definition) is 3. The van der Waals surface area contributed by atoms with Crippen LogP contribution in [0.5, 0.6) is 51.7 Å². The molecule has 0 amide bonds. The zero-order chi connectivity index (χ0) is 83.6. The van der Waals surface area contributed by atoms with E-state index in [1.54, 1.807) is 160 Å². The molecule has 0 aliphatic heterocycles. The number of carbonyl (C=O) groups excluding carboxylic acids is 3. The second kappa shape index (κ2) is 32.7. The number of hydrogen-bond acceptors (Lipinski definition) is 15. The van der Waals surface area contributed by atoms with E-state index in [-0.39, 0.29) is 17.4 Å². The number of carboxylic acids is 3. The number of fused-ring (bicyclic) bond motifs is 3. The van der Waals surface area contributed by atoms with Crippen molar-refractivity contribution in [1.29, 1.82) is 0 Å². The van der Waals surface area contributed by atoms with Crippen LogP contribution < -0.4 is 42.6 Å². The second-order valence-electron chi connectivity index (χ2n) is 26.9. The van der Waals surface area contributed by atoms with Crippen LogP contribution in [-0.2, 0) is 19.8 Å². The van der Waals surface area contributed by atoms with E-state index in [1.807, 2.05) is 6.07 Å². The van der Waals surface area contributed by atoms with Crippen LogP contribution in [0.1, 0.15) is 99.8 Å². The zero-order valence-corrected chi connectivity index (χ0v) is 62.8. The Labute approximate surface area is 649 Å². The average molecular weight is 1590 g/mol. The molecule has 13 rings (SSSR count). The van der Waals surface area contributed by atoms with Gasteiger partial charge >= 0.3 is 37.0 Å². The average Bonchev–Trinajstić information content (AvgIpc) is 1.55. The first-order valence-electron chi connectivity index (χ1n) is 35.0. The molecule has 2 atom stereocenters. The first-order valence-corrected chi connectivity index (χ1v) is 35.0. The number of carboxylic acid groups (broad SMARTS) is 3. The normalized spacial score (nSPS) is 13.1. The van der Waals surface area contributed by atoms with Crippen molar-refractivity contribution in [2.24, 2.45) is 0 Å². The molecule has 3 N–H and O–H groups in total. The van der Waals surface area contributed by atoms with Crippen LogP contribution in [0.4, 0.5) is 39.5 Å². The third kappa shape index (κ3) is 18.4. The molecule has 115 heavy (non-hydrogen) atoms. The number of nitrogens with zero attached hydrogens (tertiary/aromatic N) is 3. The molecular weight excluding hydrogens is 1520 g/mol. The molecule has 30 heteroatoms. The van der Waals surface area contributed by atoms with E-state index in [0.29, 0.717) is 130 Å². The van der Waals surface area contributed by atoms with Gasteiger partial charge in [-0.05, 0) is 247 Å².